The highest BCUT2D eigenvalue weighted by Crippen LogP contribution is 1.97. The van der Waals surface area contributed by atoms with Gasteiger partial charge in [-0.05, 0) is 33.5 Å². The Morgan fingerprint density at radius 1 is 1.25 bits per heavy atom. The van der Waals surface area contributed by atoms with Gasteiger partial charge in [-0.3, -0.25) is 4.79 Å². The molecule has 0 aliphatic heterocycles. The van der Waals surface area contributed by atoms with Gasteiger partial charge >= 0.3 is 0 Å². The van der Waals surface area contributed by atoms with E-state index < -0.39 is 0 Å². The minimum atomic E-state index is 0.0846. The van der Waals surface area contributed by atoms with Crippen molar-refractivity contribution in [3.05, 3.63) is 0 Å². The second-order valence-electron chi connectivity index (χ2n) is 4.25. The van der Waals surface area contributed by atoms with Crippen molar-refractivity contribution in [2.75, 3.05) is 20.1 Å². The SMILES string of the molecule is CC.CCN(C)CCC(C)NC(=O)C(C)C. The number of hydrogen-bond acceptors (Lipinski definition) is 2. The summed E-state index contributed by atoms with van der Waals surface area (Å²) in [6.45, 7) is 14.1. The van der Waals surface area contributed by atoms with Crippen LogP contribution in [0.4, 0.5) is 0 Å². The van der Waals surface area contributed by atoms with Gasteiger partial charge < -0.3 is 10.2 Å². The van der Waals surface area contributed by atoms with E-state index >= 15 is 0 Å². The first-order chi connectivity index (χ1) is 7.47. The third kappa shape index (κ3) is 9.97. The summed E-state index contributed by atoms with van der Waals surface area (Å²) in [4.78, 5) is 13.6. The van der Waals surface area contributed by atoms with Gasteiger partial charge in [0.15, 0.2) is 0 Å². The summed E-state index contributed by atoms with van der Waals surface area (Å²) in [7, 11) is 2.09. The topological polar surface area (TPSA) is 32.3 Å². The maximum atomic E-state index is 11.3. The summed E-state index contributed by atoms with van der Waals surface area (Å²) in [6.07, 6.45) is 1.02. The average Bonchev–Trinajstić information content (AvgIpc) is 2.28. The minimum absolute atomic E-state index is 0.0846. The molecule has 3 heteroatoms. The van der Waals surface area contributed by atoms with E-state index in [1.165, 1.54) is 0 Å². The zero-order valence-electron chi connectivity index (χ0n) is 12.1. The molecule has 0 aromatic rings. The largest absolute Gasteiger partial charge is 0.353 e. The van der Waals surface area contributed by atoms with Crippen LogP contribution in [0.2, 0.25) is 0 Å². The summed E-state index contributed by atoms with van der Waals surface area (Å²) in [5.41, 5.74) is 0. The fourth-order valence-corrected chi connectivity index (χ4v) is 1.05. The molecular weight excluding hydrogens is 200 g/mol. The number of amides is 1. The van der Waals surface area contributed by atoms with Gasteiger partial charge in [-0.15, -0.1) is 0 Å². The number of hydrogen-bond donors (Lipinski definition) is 1. The van der Waals surface area contributed by atoms with Gasteiger partial charge in [0.05, 0.1) is 0 Å². The molecule has 0 rings (SSSR count). The molecular formula is C13H30N2O. The summed E-state index contributed by atoms with van der Waals surface area (Å²) >= 11 is 0. The van der Waals surface area contributed by atoms with Crippen molar-refractivity contribution in [2.24, 2.45) is 5.92 Å². The van der Waals surface area contributed by atoms with Gasteiger partial charge in [-0.25, -0.2) is 0 Å². The zero-order valence-corrected chi connectivity index (χ0v) is 12.1. The third-order valence-corrected chi connectivity index (χ3v) is 2.40. The third-order valence-electron chi connectivity index (χ3n) is 2.40. The maximum absolute atomic E-state index is 11.3. The number of nitrogens with one attached hydrogen (secondary N) is 1. The average molecular weight is 230 g/mol. The summed E-state index contributed by atoms with van der Waals surface area (Å²) in [5, 5.41) is 2.99. The number of carbonyl (C=O) groups is 1. The van der Waals surface area contributed by atoms with Gasteiger partial charge in [0.25, 0.3) is 0 Å². The van der Waals surface area contributed by atoms with Crippen LogP contribution in [0.1, 0.15) is 48.0 Å². The smallest absolute Gasteiger partial charge is 0.222 e. The molecule has 0 aromatic carbocycles. The fourth-order valence-electron chi connectivity index (χ4n) is 1.05. The molecule has 0 aliphatic carbocycles. The molecule has 3 nitrogen and oxygen atoms in total. The number of carbonyl (C=O) groups excluding carboxylic acids is 1. The van der Waals surface area contributed by atoms with Crippen molar-refractivity contribution in [1.29, 1.82) is 0 Å². The van der Waals surface area contributed by atoms with Crippen molar-refractivity contribution in [1.82, 2.24) is 10.2 Å². The van der Waals surface area contributed by atoms with Gasteiger partial charge in [0, 0.05) is 12.0 Å². The van der Waals surface area contributed by atoms with Gasteiger partial charge in [0.2, 0.25) is 5.91 Å². The quantitative estimate of drug-likeness (QED) is 0.760. The predicted octanol–water partition coefficient (Wildman–Crippen LogP) is 2.52. The molecule has 0 bridgehead atoms. The Labute approximate surface area is 102 Å². The zero-order chi connectivity index (χ0) is 13.1. The monoisotopic (exact) mass is 230 g/mol. The van der Waals surface area contributed by atoms with Crippen LogP contribution in [0, 0.1) is 5.92 Å². The molecule has 0 aromatic heterocycles. The Balaban J connectivity index is 0. The Bertz CT molecular complexity index is 169. The van der Waals surface area contributed by atoms with Crippen LogP contribution in [0.3, 0.4) is 0 Å². The molecule has 0 radical (unpaired) electrons. The van der Waals surface area contributed by atoms with E-state index in [9.17, 15) is 4.79 Å². The lowest BCUT2D eigenvalue weighted by molar-refractivity contribution is -0.124. The van der Waals surface area contributed by atoms with Crippen LogP contribution in [0.15, 0.2) is 0 Å². The lowest BCUT2D eigenvalue weighted by Crippen LogP contribution is -2.37. The first-order valence-corrected chi connectivity index (χ1v) is 6.46. The molecule has 0 saturated heterocycles. The summed E-state index contributed by atoms with van der Waals surface area (Å²) < 4.78 is 0. The molecule has 0 aliphatic rings. The molecule has 0 saturated carbocycles. The fraction of sp³-hybridized carbons (Fsp3) is 0.923. The van der Waals surface area contributed by atoms with Crippen LogP contribution < -0.4 is 5.32 Å². The lowest BCUT2D eigenvalue weighted by Gasteiger charge is -2.19. The Morgan fingerprint density at radius 3 is 2.12 bits per heavy atom. The van der Waals surface area contributed by atoms with E-state index in [4.69, 9.17) is 0 Å². The first-order valence-electron chi connectivity index (χ1n) is 6.46. The minimum Gasteiger partial charge on any atom is -0.353 e. The van der Waals surface area contributed by atoms with E-state index in [1.807, 2.05) is 27.7 Å². The Kier molecular flexibility index (Phi) is 12.2. The molecule has 0 heterocycles. The summed E-state index contributed by atoms with van der Waals surface area (Å²) in [5.74, 6) is 0.234. The molecule has 1 unspecified atom stereocenters. The second-order valence-corrected chi connectivity index (χ2v) is 4.25. The summed E-state index contributed by atoms with van der Waals surface area (Å²) in [6, 6.07) is 0.277. The molecule has 0 fully saturated rings. The standard InChI is InChI=1S/C11H24N2O.C2H6/c1-6-13(5)8-7-10(4)12-11(14)9(2)3;1-2/h9-10H,6-8H2,1-5H3,(H,12,14);1-2H3. The van der Waals surface area contributed by atoms with Gasteiger partial charge in [-0.2, -0.15) is 0 Å². The van der Waals surface area contributed by atoms with Crippen LogP contribution in [0.25, 0.3) is 0 Å². The second kappa shape index (κ2) is 10.9. The highest BCUT2D eigenvalue weighted by molar-refractivity contribution is 5.78. The van der Waals surface area contributed by atoms with Crippen molar-refractivity contribution in [2.45, 2.75) is 54.0 Å². The van der Waals surface area contributed by atoms with E-state index in [2.05, 4.69) is 31.1 Å². The highest BCUT2D eigenvalue weighted by atomic mass is 16.1. The highest BCUT2D eigenvalue weighted by Gasteiger charge is 2.10. The van der Waals surface area contributed by atoms with Crippen LogP contribution in [-0.4, -0.2) is 37.0 Å². The molecule has 16 heavy (non-hydrogen) atoms. The molecule has 98 valence electrons. The van der Waals surface area contributed by atoms with Crippen LogP contribution in [0.5, 0.6) is 0 Å². The normalized spacial score (nSPS) is 12.1. The van der Waals surface area contributed by atoms with Gasteiger partial charge in [0.1, 0.15) is 0 Å². The number of rotatable bonds is 6. The molecule has 1 amide bonds. The Hall–Kier alpha value is -0.570. The van der Waals surface area contributed by atoms with Crippen LogP contribution >= 0.6 is 0 Å². The van der Waals surface area contributed by atoms with Crippen molar-refractivity contribution in [3.8, 4) is 0 Å². The molecule has 1 atom stereocenters. The van der Waals surface area contributed by atoms with E-state index in [0.29, 0.717) is 0 Å². The van der Waals surface area contributed by atoms with E-state index in [-0.39, 0.29) is 17.9 Å². The van der Waals surface area contributed by atoms with Crippen LogP contribution in [-0.2, 0) is 4.79 Å². The maximum Gasteiger partial charge on any atom is 0.222 e. The van der Waals surface area contributed by atoms with Crippen molar-refractivity contribution >= 4 is 5.91 Å². The van der Waals surface area contributed by atoms with E-state index in [1.54, 1.807) is 0 Å². The lowest BCUT2D eigenvalue weighted by atomic mass is 10.1. The molecule has 1 N–H and O–H groups in total. The van der Waals surface area contributed by atoms with Crippen molar-refractivity contribution < 1.29 is 4.79 Å². The molecule has 0 spiro atoms. The van der Waals surface area contributed by atoms with Crippen molar-refractivity contribution in [3.63, 3.8) is 0 Å². The first kappa shape index (κ1) is 17.8. The Morgan fingerprint density at radius 2 is 1.75 bits per heavy atom. The van der Waals surface area contributed by atoms with Gasteiger partial charge in [-0.1, -0.05) is 34.6 Å². The number of nitrogens with zero attached hydrogens (tertiary/aromatic N) is 1. The van der Waals surface area contributed by atoms with E-state index in [0.717, 1.165) is 19.5 Å². The predicted molar refractivity (Wildman–Crippen MR) is 71.6 cm³/mol.